The summed E-state index contributed by atoms with van der Waals surface area (Å²) in [7, 11) is -3.48. The fourth-order valence-corrected chi connectivity index (χ4v) is 3.19. The highest BCUT2D eigenvalue weighted by molar-refractivity contribution is 7.89. The number of sulfonamides is 1. The average molecular weight is 308 g/mol. The van der Waals surface area contributed by atoms with Gasteiger partial charge < -0.3 is 4.42 Å². The predicted molar refractivity (Wildman–Crippen MR) is 80.8 cm³/mol. The Morgan fingerprint density at radius 1 is 1.14 bits per heavy atom. The molecule has 0 spiro atoms. The van der Waals surface area contributed by atoms with Crippen LogP contribution in [0.1, 0.15) is 28.5 Å². The van der Waals surface area contributed by atoms with Gasteiger partial charge in [-0.15, -0.1) is 0 Å². The minimum Gasteiger partial charge on any atom is -0.446 e. The summed E-state index contributed by atoms with van der Waals surface area (Å²) in [6.07, 6.45) is 0.507. The van der Waals surface area contributed by atoms with Crippen molar-refractivity contribution in [2.75, 3.05) is 6.54 Å². The van der Waals surface area contributed by atoms with Crippen molar-refractivity contribution in [1.29, 1.82) is 0 Å². The Labute approximate surface area is 125 Å². The molecule has 0 fully saturated rings. The Kier molecular flexibility index (Phi) is 4.49. The summed E-state index contributed by atoms with van der Waals surface area (Å²) >= 11 is 0. The molecular weight excluding hydrogens is 288 g/mol. The number of rotatable bonds is 5. The quantitative estimate of drug-likeness (QED) is 0.921. The van der Waals surface area contributed by atoms with Gasteiger partial charge in [0.25, 0.3) is 0 Å². The van der Waals surface area contributed by atoms with Crippen molar-refractivity contribution >= 4 is 10.0 Å². The number of aromatic nitrogens is 1. The number of benzene rings is 1. The highest BCUT2D eigenvalue weighted by Gasteiger charge is 2.15. The fourth-order valence-electron chi connectivity index (χ4n) is 2.07. The summed E-state index contributed by atoms with van der Waals surface area (Å²) in [6.45, 7) is 7.75. The normalized spacial score (nSPS) is 11.8. The second-order valence-corrected chi connectivity index (χ2v) is 6.90. The first-order chi connectivity index (χ1) is 9.79. The van der Waals surface area contributed by atoms with E-state index < -0.39 is 10.0 Å². The maximum atomic E-state index is 12.2. The standard InChI is InChI=1S/C15H20N2O3S/c1-10-5-6-14(9-11(10)2)21(18,19)16-8-7-15-12(3)20-13(4)17-15/h5-6,9,16H,7-8H2,1-4H3. The molecule has 1 aromatic heterocycles. The summed E-state index contributed by atoms with van der Waals surface area (Å²) in [5.74, 6) is 1.33. The van der Waals surface area contributed by atoms with Gasteiger partial charge in [-0.1, -0.05) is 6.07 Å². The second-order valence-electron chi connectivity index (χ2n) is 5.13. The summed E-state index contributed by atoms with van der Waals surface area (Å²) in [5, 5.41) is 0. The van der Waals surface area contributed by atoms with Crippen LogP contribution in [-0.2, 0) is 16.4 Å². The maximum Gasteiger partial charge on any atom is 0.240 e. The largest absolute Gasteiger partial charge is 0.446 e. The molecule has 0 aliphatic heterocycles. The molecule has 0 atom stereocenters. The Bertz CT molecular complexity index is 748. The van der Waals surface area contributed by atoms with Gasteiger partial charge in [0.05, 0.1) is 10.6 Å². The number of hydrogen-bond donors (Lipinski definition) is 1. The van der Waals surface area contributed by atoms with Crippen LogP contribution in [-0.4, -0.2) is 19.9 Å². The molecule has 0 radical (unpaired) electrons. The lowest BCUT2D eigenvalue weighted by Crippen LogP contribution is -2.26. The molecule has 2 rings (SSSR count). The highest BCUT2D eigenvalue weighted by atomic mass is 32.2. The van der Waals surface area contributed by atoms with Crippen molar-refractivity contribution in [3.05, 3.63) is 46.7 Å². The van der Waals surface area contributed by atoms with Crippen LogP contribution in [0.5, 0.6) is 0 Å². The van der Waals surface area contributed by atoms with Crippen molar-refractivity contribution in [3.8, 4) is 0 Å². The van der Waals surface area contributed by atoms with Crippen LogP contribution in [0.25, 0.3) is 0 Å². The van der Waals surface area contributed by atoms with E-state index in [1.165, 1.54) is 0 Å². The lowest BCUT2D eigenvalue weighted by molar-refractivity contribution is 0.492. The van der Waals surface area contributed by atoms with E-state index in [1.807, 2.05) is 26.8 Å². The van der Waals surface area contributed by atoms with E-state index >= 15 is 0 Å². The summed E-state index contributed by atoms with van der Waals surface area (Å²) < 4.78 is 32.4. The topological polar surface area (TPSA) is 72.2 Å². The average Bonchev–Trinajstić information content (AvgIpc) is 2.71. The van der Waals surface area contributed by atoms with Crippen molar-refractivity contribution in [1.82, 2.24) is 9.71 Å². The lowest BCUT2D eigenvalue weighted by Gasteiger charge is -2.08. The molecule has 0 aliphatic carbocycles. The van der Waals surface area contributed by atoms with Gasteiger partial charge >= 0.3 is 0 Å². The Morgan fingerprint density at radius 3 is 2.43 bits per heavy atom. The first-order valence-corrected chi connectivity index (χ1v) is 8.28. The van der Waals surface area contributed by atoms with Crippen LogP contribution in [0.2, 0.25) is 0 Å². The van der Waals surface area contributed by atoms with Gasteiger partial charge in [0.2, 0.25) is 10.0 Å². The van der Waals surface area contributed by atoms with Gasteiger partial charge in [0.1, 0.15) is 5.76 Å². The van der Waals surface area contributed by atoms with Crippen LogP contribution in [0.15, 0.2) is 27.5 Å². The van der Waals surface area contributed by atoms with E-state index in [2.05, 4.69) is 9.71 Å². The smallest absolute Gasteiger partial charge is 0.240 e. The molecule has 0 unspecified atom stereocenters. The van der Waals surface area contributed by atoms with Gasteiger partial charge in [-0.2, -0.15) is 0 Å². The Balaban J connectivity index is 2.04. The number of oxazole rings is 1. The van der Waals surface area contributed by atoms with Gasteiger partial charge in [0, 0.05) is 19.9 Å². The monoisotopic (exact) mass is 308 g/mol. The first kappa shape index (κ1) is 15.7. The third kappa shape index (κ3) is 3.71. The van der Waals surface area contributed by atoms with Crippen LogP contribution in [0, 0.1) is 27.7 Å². The summed E-state index contributed by atoms with van der Waals surface area (Å²) in [4.78, 5) is 4.52. The minimum absolute atomic E-state index is 0.290. The molecule has 0 saturated heterocycles. The van der Waals surface area contributed by atoms with Gasteiger partial charge in [-0.25, -0.2) is 18.1 Å². The van der Waals surface area contributed by atoms with Crippen LogP contribution in [0.3, 0.4) is 0 Å². The molecule has 0 bridgehead atoms. The Morgan fingerprint density at radius 2 is 1.86 bits per heavy atom. The fraction of sp³-hybridized carbons (Fsp3) is 0.400. The summed E-state index contributed by atoms with van der Waals surface area (Å²) in [5.41, 5.74) is 2.82. The van der Waals surface area contributed by atoms with E-state index in [0.29, 0.717) is 23.8 Å². The van der Waals surface area contributed by atoms with Gasteiger partial charge in [0.15, 0.2) is 5.89 Å². The zero-order valence-electron chi connectivity index (χ0n) is 12.7. The number of nitrogens with zero attached hydrogens (tertiary/aromatic N) is 1. The van der Waals surface area contributed by atoms with E-state index in [9.17, 15) is 8.42 Å². The summed E-state index contributed by atoms with van der Waals surface area (Å²) in [6, 6.07) is 5.12. The third-order valence-corrected chi connectivity index (χ3v) is 4.90. The van der Waals surface area contributed by atoms with Gasteiger partial charge in [-0.05, 0) is 44.0 Å². The van der Waals surface area contributed by atoms with E-state index in [-0.39, 0.29) is 0 Å². The van der Waals surface area contributed by atoms with Crippen molar-refractivity contribution in [3.63, 3.8) is 0 Å². The van der Waals surface area contributed by atoms with E-state index in [1.54, 1.807) is 19.1 Å². The molecule has 1 heterocycles. The molecule has 0 saturated carbocycles. The third-order valence-electron chi connectivity index (χ3n) is 3.44. The highest BCUT2D eigenvalue weighted by Crippen LogP contribution is 2.15. The van der Waals surface area contributed by atoms with Crippen LogP contribution < -0.4 is 4.72 Å². The molecule has 1 aromatic carbocycles. The molecule has 1 N–H and O–H groups in total. The van der Waals surface area contributed by atoms with Gasteiger partial charge in [-0.3, -0.25) is 0 Å². The molecule has 0 amide bonds. The van der Waals surface area contributed by atoms with E-state index in [0.717, 1.165) is 22.6 Å². The van der Waals surface area contributed by atoms with Crippen LogP contribution in [0.4, 0.5) is 0 Å². The molecule has 0 aliphatic rings. The maximum absolute atomic E-state index is 12.2. The SMILES string of the molecule is Cc1nc(CCNS(=O)(=O)c2ccc(C)c(C)c2)c(C)o1. The number of aryl methyl sites for hydroxylation is 4. The predicted octanol–water partition coefficient (Wildman–Crippen LogP) is 2.43. The van der Waals surface area contributed by atoms with Crippen molar-refractivity contribution in [2.24, 2.45) is 0 Å². The zero-order chi connectivity index (χ0) is 15.6. The second kappa shape index (κ2) is 5.99. The minimum atomic E-state index is -3.48. The lowest BCUT2D eigenvalue weighted by atomic mass is 10.1. The van der Waals surface area contributed by atoms with Crippen molar-refractivity contribution in [2.45, 2.75) is 39.0 Å². The molecular formula is C15H20N2O3S. The van der Waals surface area contributed by atoms with E-state index in [4.69, 9.17) is 4.42 Å². The first-order valence-electron chi connectivity index (χ1n) is 6.79. The van der Waals surface area contributed by atoms with Crippen LogP contribution >= 0.6 is 0 Å². The Hall–Kier alpha value is -1.66. The molecule has 5 nitrogen and oxygen atoms in total. The zero-order valence-corrected chi connectivity index (χ0v) is 13.5. The molecule has 6 heteroatoms. The van der Waals surface area contributed by atoms with Crippen molar-refractivity contribution < 1.29 is 12.8 Å². The molecule has 21 heavy (non-hydrogen) atoms. The molecule has 114 valence electrons. The number of hydrogen-bond acceptors (Lipinski definition) is 4. The number of nitrogens with one attached hydrogen (secondary N) is 1. The molecule has 2 aromatic rings.